The first-order chi connectivity index (χ1) is 11.4. The van der Waals surface area contributed by atoms with Gasteiger partial charge in [0.15, 0.2) is 5.16 Å². The molecular weight excluding hydrogens is 341 g/mol. The van der Waals surface area contributed by atoms with Crippen LogP contribution in [0.25, 0.3) is 0 Å². The van der Waals surface area contributed by atoms with Gasteiger partial charge in [-0.3, -0.25) is 23.8 Å². The van der Waals surface area contributed by atoms with Crippen molar-refractivity contribution < 1.29 is 37.5 Å². The summed E-state index contributed by atoms with van der Waals surface area (Å²) >= 11 is 0. The number of ether oxygens (including phenoxy) is 2. The van der Waals surface area contributed by atoms with Crippen LogP contribution in [0.2, 0.25) is 0 Å². The summed E-state index contributed by atoms with van der Waals surface area (Å²) < 4.78 is 34.0. The van der Waals surface area contributed by atoms with Gasteiger partial charge in [-0.25, -0.2) is 0 Å². The summed E-state index contributed by atoms with van der Waals surface area (Å²) in [5.74, 6) is -1.68. The van der Waals surface area contributed by atoms with Gasteiger partial charge in [-0.1, -0.05) is 0 Å². The zero-order valence-electron chi connectivity index (χ0n) is 13.7. The summed E-state index contributed by atoms with van der Waals surface area (Å²) in [7, 11) is -0.544. The summed E-state index contributed by atoms with van der Waals surface area (Å²) in [5.41, 5.74) is 0. The minimum absolute atomic E-state index is 0.0498. The monoisotopic (exact) mass is 361 g/mol. The van der Waals surface area contributed by atoms with E-state index in [0.29, 0.717) is 6.42 Å². The molecule has 0 bridgehead atoms. The van der Waals surface area contributed by atoms with Gasteiger partial charge in [-0.05, 0) is 12.8 Å². The van der Waals surface area contributed by atoms with Gasteiger partial charge in [0, 0.05) is 27.1 Å². The quantitative estimate of drug-likeness (QED) is 0.301. The van der Waals surface area contributed by atoms with Crippen molar-refractivity contribution in [3.05, 3.63) is 0 Å². The molecule has 1 saturated carbocycles. The molecule has 10 heteroatoms. The van der Waals surface area contributed by atoms with E-state index < -0.39 is 42.7 Å². The second kappa shape index (κ2) is 5.91. The van der Waals surface area contributed by atoms with Crippen LogP contribution in [0, 0.1) is 0 Å². The Morgan fingerprint density at radius 1 is 1.21 bits per heavy atom. The molecule has 9 nitrogen and oxygen atoms in total. The molecule has 0 aromatic carbocycles. The van der Waals surface area contributed by atoms with Gasteiger partial charge in [-0.15, -0.1) is 0 Å². The van der Waals surface area contributed by atoms with Crippen LogP contribution in [0.4, 0.5) is 0 Å². The van der Waals surface area contributed by atoms with Crippen molar-refractivity contribution in [2.24, 2.45) is 0 Å². The number of epoxide rings is 1. The Morgan fingerprint density at radius 2 is 1.79 bits per heavy atom. The van der Waals surface area contributed by atoms with Gasteiger partial charge in [0.05, 0.1) is 19.3 Å². The fraction of sp³-hybridized carbons (Fsp3) is 0.786. The van der Waals surface area contributed by atoms with Crippen molar-refractivity contribution in [2.45, 2.75) is 49.1 Å². The van der Waals surface area contributed by atoms with Gasteiger partial charge in [-0.2, -0.15) is 0 Å². The molecule has 0 radical (unpaired) electrons. The lowest BCUT2D eigenvalue weighted by Gasteiger charge is -2.45. The van der Waals surface area contributed by atoms with Crippen LogP contribution in [-0.2, 0) is 37.5 Å². The molecule has 0 unspecified atom stereocenters. The number of fused-ring (bicyclic) bond motifs is 1. The highest BCUT2D eigenvalue weighted by molar-refractivity contribution is 7.56. The summed E-state index contributed by atoms with van der Waals surface area (Å²) in [6.45, 7) is 0. The summed E-state index contributed by atoms with van der Waals surface area (Å²) in [5, 5.41) is -1.79. The highest BCUT2D eigenvalue weighted by atomic mass is 31.2. The first-order valence-corrected chi connectivity index (χ1v) is 9.21. The first-order valence-electron chi connectivity index (χ1n) is 7.66. The molecule has 2 aliphatic heterocycles. The number of likely N-dealkylation sites (tertiary alicyclic amines) is 1. The van der Waals surface area contributed by atoms with Crippen LogP contribution in [0.1, 0.15) is 25.7 Å². The Balaban J connectivity index is 2.17. The lowest BCUT2D eigenvalue weighted by molar-refractivity contribution is -0.152. The third-order valence-electron chi connectivity index (χ3n) is 5.11. The van der Waals surface area contributed by atoms with Gasteiger partial charge in [0.1, 0.15) is 6.10 Å². The largest absolute Gasteiger partial charge is 0.468 e. The number of esters is 1. The molecule has 134 valence electrons. The summed E-state index contributed by atoms with van der Waals surface area (Å²) in [6.07, 6.45) is -0.147. The highest BCUT2D eigenvalue weighted by Gasteiger charge is 2.73. The van der Waals surface area contributed by atoms with E-state index in [1.54, 1.807) is 0 Å². The Kier molecular flexibility index (Phi) is 4.32. The second-order valence-corrected chi connectivity index (χ2v) is 8.58. The van der Waals surface area contributed by atoms with Crippen molar-refractivity contribution in [3.8, 4) is 0 Å². The number of rotatable bonds is 5. The van der Waals surface area contributed by atoms with Crippen LogP contribution in [-0.4, -0.2) is 67.4 Å². The van der Waals surface area contributed by atoms with E-state index in [0.717, 1.165) is 12.0 Å². The number of carbonyl (C=O) groups excluding carboxylic acids is 3. The fourth-order valence-electron chi connectivity index (χ4n) is 3.92. The number of carbonyl (C=O) groups is 3. The number of methoxy groups -OCH3 is 1. The van der Waals surface area contributed by atoms with E-state index in [-0.39, 0.29) is 25.4 Å². The second-order valence-electron chi connectivity index (χ2n) is 6.06. The molecule has 0 aromatic heterocycles. The topological polar surface area (TPSA) is 112 Å². The van der Waals surface area contributed by atoms with Crippen LogP contribution in [0.5, 0.6) is 0 Å². The highest BCUT2D eigenvalue weighted by Crippen LogP contribution is 2.67. The number of nitrogens with zero attached hydrogens (tertiary/aromatic N) is 1. The van der Waals surface area contributed by atoms with Crippen LogP contribution in [0.3, 0.4) is 0 Å². The molecule has 0 aromatic rings. The maximum Gasteiger partial charge on any atom is 0.349 e. The lowest BCUT2D eigenvalue weighted by Crippen LogP contribution is -2.63. The lowest BCUT2D eigenvalue weighted by atomic mass is 9.82. The van der Waals surface area contributed by atoms with E-state index in [4.69, 9.17) is 18.5 Å². The molecule has 3 fully saturated rings. The Bertz CT molecular complexity index is 612. The van der Waals surface area contributed by atoms with Gasteiger partial charge in [0.25, 0.3) is 0 Å². The molecule has 3 rings (SSSR count). The van der Waals surface area contributed by atoms with Crippen molar-refractivity contribution >= 4 is 25.4 Å². The van der Waals surface area contributed by atoms with Gasteiger partial charge in [0.2, 0.25) is 11.8 Å². The standard InChI is InChI=1S/C14H20NO8P/c1-20-13(18)14(24(19,21-2)22-3)7-6-8-11(23-8)12(14)15-9(16)4-5-10(15)17/h8,11-12H,4-7H2,1-3H3/t8-,11-,12+,14-/m0/s1. The summed E-state index contributed by atoms with van der Waals surface area (Å²) in [6, 6.07) is -1.06. The Morgan fingerprint density at radius 3 is 2.29 bits per heavy atom. The van der Waals surface area contributed by atoms with Crippen molar-refractivity contribution in [1.82, 2.24) is 4.90 Å². The summed E-state index contributed by atoms with van der Waals surface area (Å²) in [4.78, 5) is 38.3. The molecular formula is C14H20NO8P. The van der Waals surface area contributed by atoms with Crippen molar-refractivity contribution in [3.63, 3.8) is 0 Å². The van der Waals surface area contributed by atoms with E-state index in [1.165, 1.54) is 14.2 Å². The van der Waals surface area contributed by atoms with Crippen LogP contribution < -0.4 is 0 Å². The minimum atomic E-state index is -4.03. The third kappa shape index (κ3) is 2.19. The van der Waals surface area contributed by atoms with Crippen LogP contribution >= 0.6 is 7.60 Å². The van der Waals surface area contributed by atoms with E-state index in [9.17, 15) is 18.9 Å². The number of imide groups is 1. The maximum absolute atomic E-state index is 13.3. The number of hydrogen-bond donors (Lipinski definition) is 0. The molecule has 4 atom stereocenters. The first kappa shape index (κ1) is 17.5. The van der Waals surface area contributed by atoms with E-state index in [2.05, 4.69) is 0 Å². The molecule has 2 saturated heterocycles. The maximum atomic E-state index is 13.3. The Labute approximate surface area is 139 Å². The normalized spacial score (nSPS) is 35.8. The number of hydrogen-bond acceptors (Lipinski definition) is 8. The van der Waals surface area contributed by atoms with E-state index in [1.807, 2.05) is 0 Å². The average Bonchev–Trinajstić information content (AvgIpc) is 3.31. The molecule has 2 amide bonds. The van der Waals surface area contributed by atoms with Crippen molar-refractivity contribution in [1.29, 1.82) is 0 Å². The smallest absolute Gasteiger partial charge is 0.349 e. The average molecular weight is 361 g/mol. The van der Waals surface area contributed by atoms with Gasteiger partial charge >= 0.3 is 13.6 Å². The molecule has 0 spiro atoms. The zero-order chi connectivity index (χ0) is 17.7. The van der Waals surface area contributed by atoms with Crippen molar-refractivity contribution in [2.75, 3.05) is 21.3 Å². The molecule has 0 N–H and O–H groups in total. The van der Waals surface area contributed by atoms with E-state index >= 15 is 0 Å². The molecule has 2 heterocycles. The SMILES string of the molecule is COC(=O)[C@]1(P(=O)(OC)OC)CC[C@@H]2O[C@@H]2[C@H]1N1C(=O)CCC1=O. The molecule has 3 aliphatic rings. The van der Waals surface area contributed by atoms with Crippen LogP contribution in [0.15, 0.2) is 0 Å². The van der Waals surface area contributed by atoms with Gasteiger partial charge < -0.3 is 18.5 Å². The predicted molar refractivity (Wildman–Crippen MR) is 79.1 cm³/mol. The zero-order valence-corrected chi connectivity index (χ0v) is 14.6. The Hall–Kier alpha value is -1.28. The fourth-order valence-corrected chi connectivity index (χ4v) is 6.03. The molecule has 24 heavy (non-hydrogen) atoms. The number of amides is 2. The third-order valence-corrected chi connectivity index (χ3v) is 7.72. The predicted octanol–water partition coefficient (Wildman–Crippen LogP) is 0.463. The minimum Gasteiger partial charge on any atom is -0.468 e. The molecule has 1 aliphatic carbocycles.